The minimum absolute atomic E-state index is 0.0981. The topological polar surface area (TPSA) is 44.8 Å². The molecule has 1 saturated heterocycles. The van der Waals surface area contributed by atoms with Crippen LogP contribution in [0.3, 0.4) is 0 Å². The van der Waals surface area contributed by atoms with E-state index in [4.69, 9.17) is 14.2 Å². The van der Waals surface area contributed by atoms with Crippen LogP contribution in [0.25, 0.3) is 0 Å². The van der Waals surface area contributed by atoms with E-state index in [1.807, 2.05) is 13.8 Å². The van der Waals surface area contributed by atoms with E-state index >= 15 is 0 Å². The van der Waals surface area contributed by atoms with Crippen molar-refractivity contribution in [2.24, 2.45) is 5.92 Å². The summed E-state index contributed by atoms with van der Waals surface area (Å²) in [7, 11) is 0. The molecular formula is C9H16O4. The molecule has 1 rings (SSSR count). The van der Waals surface area contributed by atoms with E-state index in [0.717, 1.165) is 0 Å². The van der Waals surface area contributed by atoms with Gasteiger partial charge in [0.2, 0.25) is 0 Å². The standard InChI is InChI=1S/C9H16O4/c1-3-11-5-7-8(6-12-4-2)13-9(7)10/h7-8H,3-6H2,1-2H3/t7-,8-/m1/s1. The lowest BCUT2D eigenvalue weighted by molar-refractivity contribution is -0.196. The Balaban J connectivity index is 2.20. The zero-order chi connectivity index (χ0) is 9.68. The largest absolute Gasteiger partial charge is 0.459 e. The maximum absolute atomic E-state index is 11.0. The van der Waals surface area contributed by atoms with Gasteiger partial charge >= 0.3 is 5.97 Å². The summed E-state index contributed by atoms with van der Waals surface area (Å²) in [6.45, 7) is 6.03. The van der Waals surface area contributed by atoms with Crippen molar-refractivity contribution >= 4 is 5.97 Å². The van der Waals surface area contributed by atoms with Crippen LogP contribution in [0.4, 0.5) is 0 Å². The number of esters is 1. The Hall–Kier alpha value is -0.610. The third-order valence-electron chi connectivity index (χ3n) is 2.01. The van der Waals surface area contributed by atoms with Gasteiger partial charge in [0.15, 0.2) is 0 Å². The van der Waals surface area contributed by atoms with E-state index in [2.05, 4.69) is 0 Å². The Kier molecular flexibility index (Phi) is 4.18. The molecule has 13 heavy (non-hydrogen) atoms. The summed E-state index contributed by atoms with van der Waals surface area (Å²) in [6.07, 6.45) is -0.0981. The van der Waals surface area contributed by atoms with Crippen LogP contribution in [-0.2, 0) is 19.0 Å². The third-order valence-corrected chi connectivity index (χ3v) is 2.01. The van der Waals surface area contributed by atoms with Gasteiger partial charge in [-0.1, -0.05) is 0 Å². The Morgan fingerprint density at radius 3 is 2.38 bits per heavy atom. The normalized spacial score (nSPS) is 26.8. The van der Waals surface area contributed by atoms with Gasteiger partial charge in [-0.25, -0.2) is 0 Å². The first-order valence-corrected chi connectivity index (χ1v) is 4.65. The lowest BCUT2D eigenvalue weighted by Crippen LogP contribution is -2.50. The number of cyclic esters (lactones) is 1. The van der Waals surface area contributed by atoms with Crippen LogP contribution in [0.5, 0.6) is 0 Å². The van der Waals surface area contributed by atoms with E-state index in [1.54, 1.807) is 0 Å². The average Bonchev–Trinajstić information content (AvgIpc) is 2.12. The molecular weight excluding hydrogens is 172 g/mol. The quantitative estimate of drug-likeness (QED) is 0.573. The Labute approximate surface area is 78.2 Å². The summed E-state index contributed by atoms with van der Waals surface area (Å²) >= 11 is 0. The van der Waals surface area contributed by atoms with Crippen molar-refractivity contribution in [1.29, 1.82) is 0 Å². The summed E-state index contributed by atoms with van der Waals surface area (Å²) in [4.78, 5) is 11.0. The maximum atomic E-state index is 11.0. The van der Waals surface area contributed by atoms with Gasteiger partial charge in [0.05, 0.1) is 13.2 Å². The van der Waals surface area contributed by atoms with Crippen LogP contribution in [0.1, 0.15) is 13.8 Å². The van der Waals surface area contributed by atoms with Crippen molar-refractivity contribution in [2.75, 3.05) is 26.4 Å². The highest BCUT2D eigenvalue weighted by Crippen LogP contribution is 2.22. The van der Waals surface area contributed by atoms with Crippen LogP contribution in [-0.4, -0.2) is 38.5 Å². The first-order valence-electron chi connectivity index (χ1n) is 4.65. The first kappa shape index (κ1) is 10.5. The van der Waals surface area contributed by atoms with Crippen LogP contribution < -0.4 is 0 Å². The van der Waals surface area contributed by atoms with Crippen molar-refractivity contribution in [3.8, 4) is 0 Å². The van der Waals surface area contributed by atoms with Crippen molar-refractivity contribution in [1.82, 2.24) is 0 Å². The molecule has 2 atom stereocenters. The maximum Gasteiger partial charge on any atom is 0.315 e. The highest BCUT2D eigenvalue weighted by molar-refractivity contribution is 5.78. The van der Waals surface area contributed by atoms with Gasteiger partial charge in [-0.3, -0.25) is 4.79 Å². The number of ether oxygens (including phenoxy) is 3. The predicted molar refractivity (Wildman–Crippen MR) is 46.4 cm³/mol. The number of hydrogen-bond acceptors (Lipinski definition) is 4. The molecule has 0 saturated carbocycles. The summed E-state index contributed by atoms with van der Waals surface area (Å²) in [6, 6.07) is 0. The molecule has 1 aliphatic heterocycles. The second-order valence-electron chi connectivity index (χ2n) is 2.90. The summed E-state index contributed by atoms with van der Waals surface area (Å²) < 4.78 is 15.2. The first-order chi connectivity index (χ1) is 6.29. The zero-order valence-corrected chi connectivity index (χ0v) is 8.12. The lowest BCUT2D eigenvalue weighted by atomic mass is 9.99. The SMILES string of the molecule is CCOC[C@H]1OC(=O)[C@@H]1COCC. The molecule has 0 bridgehead atoms. The molecule has 1 heterocycles. The molecule has 4 heteroatoms. The third kappa shape index (κ3) is 2.67. The minimum Gasteiger partial charge on any atom is -0.459 e. The minimum atomic E-state index is -0.168. The van der Waals surface area contributed by atoms with Crippen molar-refractivity contribution in [3.63, 3.8) is 0 Å². The molecule has 0 amide bonds. The molecule has 76 valence electrons. The predicted octanol–water partition coefficient (Wildman–Crippen LogP) is 0.601. The Morgan fingerprint density at radius 2 is 1.85 bits per heavy atom. The van der Waals surface area contributed by atoms with Crippen LogP contribution in [0.15, 0.2) is 0 Å². The van der Waals surface area contributed by atoms with E-state index < -0.39 is 0 Å². The molecule has 1 aliphatic rings. The lowest BCUT2D eigenvalue weighted by Gasteiger charge is -2.34. The fraction of sp³-hybridized carbons (Fsp3) is 0.889. The van der Waals surface area contributed by atoms with Gasteiger partial charge in [-0.15, -0.1) is 0 Å². The van der Waals surface area contributed by atoms with Gasteiger partial charge in [0.25, 0.3) is 0 Å². The molecule has 0 aromatic heterocycles. The fourth-order valence-corrected chi connectivity index (χ4v) is 1.20. The number of hydrogen-bond donors (Lipinski definition) is 0. The van der Waals surface area contributed by atoms with E-state index in [1.165, 1.54) is 0 Å². The molecule has 1 fully saturated rings. The molecule has 0 aromatic carbocycles. The highest BCUT2D eigenvalue weighted by atomic mass is 16.6. The molecule has 0 radical (unpaired) electrons. The second kappa shape index (κ2) is 5.19. The van der Waals surface area contributed by atoms with Gasteiger partial charge in [-0.2, -0.15) is 0 Å². The fourth-order valence-electron chi connectivity index (χ4n) is 1.20. The van der Waals surface area contributed by atoms with E-state index in [0.29, 0.717) is 26.4 Å². The van der Waals surface area contributed by atoms with E-state index in [9.17, 15) is 4.79 Å². The van der Waals surface area contributed by atoms with Gasteiger partial charge < -0.3 is 14.2 Å². The number of rotatable bonds is 6. The highest BCUT2D eigenvalue weighted by Gasteiger charge is 2.42. The van der Waals surface area contributed by atoms with Gasteiger partial charge in [-0.05, 0) is 13.8 Å². The van der Waals surface area contributed by atoms with Crippen LogP contribution in [0.2, 0.25) is 0 Å². The van der Waals surface area contributed by atoms with Crippen molar-refractivity contribution in [3.05, 3.63) is 0 Å². The summed E-state index contributed by atoms with van der Waals surface area (Å²) in [5.41, 5.74) is 0. The molecule has 0 aliphatic carbocycles. The molecule has 0 N–H and O–H groups in total. The average molecular weight is 188 g/mol. The summed E-state index contributed by atoms with van der Waals surface area (Å²) in [5, 5.41) is 0. The smallest absolute Gasteiger partial charge is 0.315 e. The number of carbonyl (C=O) groups is 1. The van der Waals surface area contributed by atoms with Crippen molar-refractivity contribution in [2.45, 2.75) is 20.0 Å². The Bertz CT molecular complexity index is 169. The van der Waals surface area contributed by atoms with Crippen LogP contribution in [0, 0.1) is 5.92 Å². The monoisotopic (exact) mass is 188 g/mol. The Morgan fingerprint density at radius 1 is 1.23 bits per heavy atom. The molecule has 0 spiro atoms. The molecule has 4 nitrogen and oxygen atoms in total. The summed E-state index contributed by atoms with van der Waals surface area (Å²) in [5.74, 6) is -0.287. The molecule has 0 unspecified atom stereocenters. The number of carbonyl (C=O) groups excluding carboxylic acids is 1. The van der Waals surface area contributed by atoms with Crippen LogP contribution >= 0.6 is 0 Å². The van der Waals surface area contributed by atoms with Gasteiger partial charge in [0, 0.05) is 13.2 Å². The second-order valence-corrected chi connectivity index (χ2v) is 2.90. The zero-order valence-electron chi connectivity index (χ0n) is 8.12. The van der Waals surface area contributed by atoms with Crippen molar-refractivity contribution < 1.29 is 19.0 Å². The van der Waals surface area contributed by atoms with Gasteiger partial charge in [0.1, 0.15) is 12.0 Å². The van der Waals surface area contributed by atoms with E-state index in [-0.39, 0.29) is 18.0 Å². The molecule has 0 aromatic rings.